The van der Waals surface area contributed by atoms with E-state index in [4.69, 9.17) is 9.47 Å². The summed E-state index contributed by atoms with van der Waals surface area (Å²) in [7, 11) is 4.74. The van der Waals surface area contributed by atoms with Crippen molar-refractivity contribution >= 4 is 16.8 Å². The first-order valence-electron chi connectivity index (χ1n) is 6.96. The van der Waals surface area contributed by atoms with E-state index < -0.39 is 0 Å². The van der Waals surface area contributed by atoms with Crippen LogP contribution in [0.25, 0.3) is 10.9 Å². The van der Waals surface area contributed by atoms with Gasteiger partial charge in [0.25, 0.3) is 5.91 Å². The predicted molar refractivity (Wildman–Crippen MR) is 84.9 cm³/mol. The summed E-state index contributed by atoms with van der Waals surface area (Å²) in [5.41, 5.74) is 0.527. The molecule has 6 heteroatoms. The molecule has 118 valence electrons. The molecule has 0 aliphatic heterocycles. The molecule has 0 spiro atoms. The summed E-state index contributed by atoms with van der Waals surface area (Å²) in [5.74, 6) is 0.656. The van der Waals surface area contributed by atoms with Crippen molar-refractivity contribution in [3.05, 3.63) is 34.1 Å². The zero-order valence-corrected chi connectivity index (χ0v) is 13.4. The number of aromatic nitrogens is 1. The van der Waals surface area contributed by atoms with Crippen LogP contribution in [-0.4, -0.2) is 30.7 Å². The van der Waals surface area contributed by atoms with Crippen molar-refractivity contribution in [2.45, 2.75) is 19.9 Å². The lowest BCUT2D eigenvalue weighted by molar-refractivity contribution is 0.0934. The molecule has 6 nitrogen and oxygen atoms in total. The average Bonchev–Trinajstić information content (AvgIpc) is 2.48. The quantitative estimate of drug-likeness (QED) is 0.933. The first-order chi connectivity index (χ1) is 10.4. The number of pyridine rings is 1. The highest BCUT2D eigenvalue weighted by Gasteiger charge is 2.19. The molecule has 1 amide bonds. The molecule has 1 aromatic heterocycles. The number of carbonyl (C=O) groups excluding carboxylic acids is 1. The lowest BCUT2D eigenvalue weighted by Crippen LogP contribution is -2.33. The average molecular weight is 304 g/mol. The normalized spacial score (nSPS) is 10.8. The molecule has 0 aliphatic rings. The van der Waals surface area contributed by atoms with E-state index in [1.165, 1.54) is 20.3 Å². The van der Waals surface area contributed by atoms with Crippen LogP contribution in [0.5, 0.6) is 11.5 Å². The molecule has 1 heterocycles. The van der Waals surface area contributed by atoms with Crippen molar-refractivity contribution < 1.29 is 14.3 Å². The first-order valence-corrected chi connectivity index (χ1v) is 6.96. The Morgan fingerprint density at radius 2 is 1.77 bits per heavy atom. The van der Waals surface area contributed by atoms with E-state index in [0.29, 0.717) is 22.4 Å². The van der Waals surface area contributed by atoms with E-state index in [1.54, 1.807) is 23.7 Å². The number of nitrogens with one attached hydrogen (secondary N) is 1. The third-order valence-electron chi connectivity index (χ3n) is 3.41. The van der Waals surface area contributed by atoms with Crippen LogP contribution in [0.15, 0.2) is 23.0 Å². The topological polar surface area (TPSA) is 69.6 Å². The maximum atomic E-state index is 12.5. The molecule has 2 rings (SSSR count). The van der Waals surface area contributed by atoms with Crippen molar-refractivity contribution in [1.82, 2.24) is 9.88 Å². The van der Waals surface area contributed by atoms with Crippen LogP contribution in [0.2, 0.25) is 0 Å². The molecule has 1 N–H and O–H groups in total. The standard InChI is InChI=1S/C16H20N2O4/c1-9(2)17-16(20)10-8-11(19)14-12(21-4)6-7-13(22-5)15(14)18(10)3/h6-9H,1-5H3,(H,17,20). The van der Waals surface area contributed by atoms with Gasteiger partial charge in [-0.25, -0.2) is 0 Å². The summed E-state index contributed by atoms with van der Waals surface area (Å²) in [5, 5.41) is 3.18. The molecule has 0 bridgehead atoms. The Kier molecular flexibility index (Phi) is 4.40. The fourth-order valence-corrected chi connectivity index (χ4v) is 2.43. The second-order valence-electron chi connectivity index (χ2n) is 5.27. The molecule has 1 aromatic carbocycles. The summed E-state index contributed by atoms with van der Waals surface area (Å²) in [6.45, 7) is 3.72. The molecule has 0 aliphatic carbocycles. The van der Waals surface area contributed by atoms with Gasteiger partial charge in [-0.2, -0.15) is 0 Å². The zero-order valence-electron chi connectivity index (χ0n) is 13.4. The van der Waals surface area contributed by atoms with E-state index >= 15 is 0 Å². The van der Waals surface area contributed by atoms with Crippen LogP contribution in [0, 0.1) is 0 Å². The molecule has 0 atom stereocenters. The van der Waals surface area contributed by atoms with Gasteiger partial charge >= 0.3 is 0 Å². The summed E-state index contributed by atoms with van der Waals surface area (Å²) in [6, 6.07) is 4.69. The van der Waals surface area contributed by atoms with Crippen LogP contribution in [-0.2, 0) is 7.05 Å². The van der Waals surface area contributed by atoms with E-state index in [-0.39, 0.29) is 23.1 Å². The molecule has 22 heavy (non-hydrogen) atoms. The minimum Gasteiger partial charge on any atom is -0.496 e. The molecule has 2 aromatic rings. The molecule has 0 saturated heterocycles. The molecular weight excluding hydrogens is 284 g/mol. The molecule has 0 radical (unpaired) electrons. The number of ether oxygens (including phenoxy) is 2. The number of nitrogens with zero attached hydrogens (tertiary/aromatic N) is 1. The van der Waals surface area contributed by atoms with Crippen molar-refractivity contribution in [2.75, 3.05) is 14.2 Å². The van der Waals surface area contributed by atoms with Crippen LogP contribution in [0.4, 0.5) is 0 Å². The number of aryl methyl sites for hydroxylation is 1. The maximum Gasteiger partial charge on any atom is 0.268 e. The highest BCUT2D eigenvalue weighted by atomic mass is 16.5. The largest absolute Gasteiger partial charge is 0.496 e. The Bertz CT molecular complexity index is 778. The van der Waals surface area contributed by atoms with E-state index in [0.717, 1.165) is 0 Å². The van der Waals surface area contributed by atoms with Gasteiger partial charge in [-0.3, -0.25) is 9.59 Å². The number of methoxy groups -OCH3 is 2. The number of hydrogen-bond acceptors (Lipinski definition) is 4. The lowest BCUT2D eigenvalue weighted by atomic mass is 10.1. The summed E-state index contributed by atoms with van der Waals surface area (Å²) in [6.07, 6.45) is 0. The van der Waals surface area contributed by atoms with Crippen LogP contribution in [0.1, 0.15) is 24.3 Å². The highest BCUT2D eigenvalue weighted by molar-refractivity contribution is 5.98. The Morgan fingerprint density at radius 1 is 1.18 bits per heavy atom. The maximum absolute atomic E-state index is 12.5. The fourth-order valence-electron chi connectivity index (χ4n) is 2.43. The number of rotatable bonds is 4. The molecule has 0 fully saturated rings. The van der Waals surface area contributed by atoms with Crippen LogP contribution in [0.3, 0.4) is 0 Å². The van der Waals surface area contributed by atoms with Gasteiger partial charge in [0.2, 0.25) is 0 Å². The fraction of sp³-hybridized carbons (Fsp3) is 0.375. The Hall–Kier alpha value is -2.50. The van der Waals surface area contributed by atoms with Crippen molar-refractivity contribution in [2.24, 2.45) is 7.05 Å². The Morgan fingerprint density at radius 3 is 2.32 bits per heavy atom. The van der Waals surface area contributed by atoms with Crippen molar-refractivity contribution in [1.29, 1.82) is 0 Å². The SMILES string of the molecule is COc1ccc(OC)c2c1c(=O)cc(C(=O)NC(C)C)n2C. The second-order valence-corrected chi connectivity index (χ2v) is 5.27. The summed E-state index contributed by atoms with van der Waals surface area (Å²) in [4.78, 5) is 24.7. The first kappa shape index (κ1) is 15.9. The predicted octanol–water partition coefficient (Wildman–Crippen LogP) is 1.69. The summed E-state index contributed by atoms with van der Waals surface area (Å²) >= 11 is 0. The van der Waals surface area contributed by atoms with Crippen LogP contribution < -0.4 is 20.2 Å². The van der Waals surface area contributed by atoms with Gasteiger partial charge in [-0.05, 0) is 26.0 Å². The number of carbonyl (C=O) groups is 1. The monoisotopic (exact) mass is 304 g/mol. The Labute approximate surface area is 128 Å². The zero-order chi connectivity index (χ0) is 16.4. The van der Waals surface area contributed by atoms with Crippen molar-refractivity contribution in [3.8, 4) is 11.5 Å². The number of fused-ring (bicyclic) bond motifs is 1. The summed E-state index contributed by atoms with van der Waals surface area (Å²) < 4.78 is 12.2. The highest BCUT2D eigenvalue weighted by Crippen LogP contribution is 2.30. The lowest BCUT2D eigenvalue weighted by Gasteiger charge is -2.17. The van der Waals surface area contributed by atoms with Gasteiger partial charge in [-0.15, -0.1) is 0 Å². The van der Waals surface area contributed by atoms with Crippen LogP contribution >= 0.6 is 0 Å². The third kappa shape index (κ3) is 2.64. The molecule has 0 saturated carbocycles. The minimum atomic E-state index is -0.304. The van der Waals surface area contributed by atoms with E-state index in [1.807, 2.05) is 13.8 Å². The number of hydrogen-bond donors (Lipinski definition) is 1. The van der Waals surface area contributed by atoms with E-state index in [9.17, 15) is 9.59 Å². The Balaban J connectivity index is 2.82. The van der Waals surface area contributed by atoms with Gasteiger partial charge in [0.1, 0.15) is 17.2 Å². The number of benzene rings is 1. The second kappa shape index (κ2) is 6.09. The van der Waals surface area contributed by atoms with Gasteiger partial charge in [0, 0.05) is 19.2 Å². The number of amides is 1. The molecule has 0 unspecified atom stereocenters. The van der Waals surface area contributed by atoms with Gasteiger partial charge in [0.05, 0.1) is 25.1 Å². The van der Waals surface area contributed by atoms with Gasteiger partial charge in [-0.1, -0.05) is 0 Å². The molecular formula is C16H20N2O4. The third-order valence-corrected chi connectivity index (χ3v) is 3.41. The van der Waals surface area contributed by atoms with E-state index in [2.05, 4.69) is 5.32 Å². The van der Waals surface area contributed by atoms with Crippen molar-refractivity contribution in [3.63, 3.8) is 0 Å². The van der Waals surface area contributed by atoms with Gasteiger partial charge in [0.15, 0.2) is 5.43 Å². The van der Waals surface area contributed by atoms with Gasteiger partial charge < -0.3 is 19.4 Å². The minimum absolute atomic E-state index is 0.0227. The smallest absolute Gasteiger partial charge is 0.268 e.